The van der Waals surface area contributed by atoms with Crippen molar-refractivity contribution in [2.24, 2.45) is 0 Å². The highest BCUT2D eigenvalue weighted by atomic mass is 19.4. The molecule has 2 aliphatic heterocycles. The van der Waals surface area contributed by atoms with Crippen LogP contribution < -0.4 is 19.6 Å². The Kier molecular flexibility index (Phi) is 10.5. The van der Waals surface area contributed by atoms with Crippen molar-refractivity contribution in [3.63, 3.8) is 0 Å². The molecule has 2 aliphatic rings. The lowest BCUT2D eigenvalue weighted by atomic mass is 9.73. The molecule has 0 aliphatic carbocycles. The highest BCUT2D eigenvalue weighted by Gasteiger charge is 2.72. The van der Waals surface area contributed by atoms with Crippen LogP contribution in [0.2, 0.25) is 0 Å². The van der Waals surface area contributed by atoms with Crippen LogP contribution in [0.5, 0.6) is 0 Å². The molecular formula is C48H34F6N4O5. The van der Waals surface area contributed by atoms with Gasteiger partial charge >= 0.3 is 24.4 Å². The van der Waals surface area contributed by atoms with Crippen LogP contribution in [0, 0.1) is 13.8 Å². The van der Waals surface area contributed by atoms with Crippen LogP contribution in [-0.2, 0) is 15.0 Å². The molecule has 0 radical (unpaired) electrons. The lowest BCUT2D eigenvalue weighted by Crippen LogP contribution is -2.54. The number of aryl methyl sites for hydroxylation is 2. The van der Waals surface area contributed by atoms with Gasteiger partial charge in [0.15, 0.2) is 5.78 Å². The van der Waals surface area contributed by atoms with Crippen LogP contribution in [0.4, 0.5) is 58.7 Å². The number of anilines is 4. The molecule has 0 bridgehead atoms. The van der Waals surface area contributed by atoms with Gasteiger partial charge in [-0.15, -0.1) is 0 Å². The lowest BCUT2D eigenvalue weighted by molar-refractivity contribution is -0.288. The highest BCUT2D eigenvalue weighted by Crippen LogP contribution is 2.56. The average molecular weight is 861 g/mol. The number of amides is 6. The number of halogens is 6. The van der Waals surface area contributed by atoms with Crippen molar-refractivity contribution >= 4 is 52.4 Å². The zero-order valence-electron chi connectivity index (χ0n) is 33.4. The second kappa shape index (κ2) is 15.7. The van der Waals surface area contributed by atoms with Crippen molar-refractivity contribution < 1.29 is 50.3 Å². The van der Waals surface area contributed by atoms with Gasteiger partial charge in [-0.3, -0.25) is 24.2 Å². The molecule has 9 nitrogen and oxygen atoms in total. The van der Waals surface area contributed by atoms with E-state index < -0.39 is 65.9 Å². The zero-order valence-corrected chi connectivity index (χ0v) is 33.4. The summed E-state index contributed by atoms with van der Waals surface area (Å²) in [6.45, 7) is 2.77. The first-order valence-corrected chi connectivity index (χ1v) is 19.4. The van der Waals surface area contributed by atoms with Crippen LogP contribution in [0.15, 0.2) is 146 Å². The Morgan fingerprint density at radius 3 is 1.11 bits per heavy atom. The third-order valence-corrected chi connectivity index (χ3v) is 11.2. The van der Waals surface area contributed by atoms with Crippen molar-refractivity contribution in [3.8, 4) is 11.1 Å². The van der Waals surface area contributed by atoms with Crippen LogP contribution in [0.1, 0.15) is 38.2 Å². The fourth-order valence-corrected chi connectivity index (χ4v) is 7.86. The summed E-state index contributed by atoms with van der Waals surface area (Å²) in [7, 11) is 0. The van der Waals surface area contributed by atoms with Crippen LogP contribution in [0.3, 0.4) is 0 Å². The molecule has 6 amide bonds. The average Bonchev–Trinajstić information content (AvgIpc) is 3.73. The lowest BCUT2D eigenvalue weighted by Gasteiger charge is -2.38. The first kappa shape index (κ1) is 42.2. The van der Waals surface area contributed by atoms with E-state index in [2.05, 4.69) is 0 Å². The van der Waals surface area contributed by atoms with Crippen molar-refractivity contribution in [1.82, 2.24) is 0 Å². The molecule has 6 aromatic carbocycles. The second-order valence-electron chi connectivity index (χ2n) is 15.2. The van der Waals surface area contributed by atoms with E-state index in [0.29, 0.717) is 46.0 Å². The van der Waals surface area contributed by atoms with E-state index in [9.17, 15) is 24.0 Å². The van der Waals surface area contributed by atoms with Gasteiger partial charge < -0.3 is 0 Å². The molecule has 8 rings (SSSR count). The Labute approximate surface area is 356 Å². The summed E-state index contributed by atoms with van der Waals surface area (Å²) in [4.78, 5) is 69.4. The zero-order chi connectivity index (χ0) is 45.0. The quantitative estimate of drug-likeness (QED) is 0.0819. The SMILES string of the molecule is Cc1ccc(C(=O)c2ccc(-c3ccc(N4CC(=O)N(c5ccc(C(c6ccc(N7CC(=O)N(c8ccc(C)cc8)C7=O)cc6)(C(F)(F)F)C(F)(F)F)cc5)C4=O)cc3)cc2)cc1. The van der Waals surface area contributed by atoms with E-state index in [1.165, 1.54) is 12.1 Å². The third-order valence-electron chi connectivity index (χ3n) is 11.2. The minimum absolute atomic E-state index is 0.105. The number of rotatable bonds is 9. The maximum Gasteiger partial charge on any atom is 0.411 e. The largest absolute Gasteiger partial charge is 0.411 e. The number of nitrogens with zero attached hydrogens (tertiary/aromatic N) is 4. The molecule has 318 valence electrons. The number of ketones is 1. The van der Waals surface area contributed by atoms with Gasteiger partial charge in [0.25, 0.3) is 11.8 Å². The van der Waals surface area contributed by atoms with Crippen molar-refractivity contribution in [2.75, 3.05) is 32.7 Å². The molecule has 0 saturated carbocycles. The topological polar surface area (TPSA) is 98.3 Å². The fourth-order valence-electron chi connectivity index (χ4n) is 7.86. The first-order chi connectivity index (χ1) is 29.9. The molecule has 2 fully saturated rings. The summed E-state index contributed by atoms with van der Waals surface area (Å²) in [5.74, 6) is -1.55. The van der Waals surface area contributed by atoms with Crippen molar-refractivity contribution in [2.45, 2.75) is 31.6 Å². The molecule has 63 heavy (non-hydrogen) atoms. The molecule has 0 aromatic heterocycles. The Morgan fingerprint density at radius 1 is 0.429 bits per heavy atom. The van der Waals surface area contributed by atoms with Gasteiger partial charge in [-0.2, -0.15) is 26.3 Å². The maximum atomic E-state index is 15.1. The van der Waals surface area contributed by atoms with Gasteiger partial charge in [0, 0.05) is 22.5 Å². The monoisotopic (exact) mass is 860 g/mol. The van der Waals surface area contributed by atoms with E-state index in [1.807, 2.05) is 19.1 Å². The van der Waals surface area contributed by atoms with Gasteiger partial charge in [0.1, 0.15) is 13.1 Å². The standard InChI is InChI=1S/C48H34F6N4O5/c1-29-3-7-33(8-4-29)43(61)34-11-9-31(10-12-34)32-13-21-37(22-14-32)55-27-42(60)58(44(55)62)40-25-17-36(18-26-40)46(47(49,50)51,48(52,53)54)35-15-23-38(24-16-35)56-28-41(59)57(45(56)63)39-19-5-30(2)6-20-39/h3-26H,27-28H2,1-2H3. The van der Waals surface area contributed by atoms with Gasteiger partial charge in [-0.25, -0.2) is 19.4 Å². The number of carbonyl (C=O) groups is 5. The Hall–Kier alpha value is -7.55. The molecule has 15 heteroatoms. The highest BCUT2D eigenvalue weighted by molar-refractivity contribution is 6.27. The number of imide groups is 2. The summed E-state index contributed by atoms with van der Waals surface area (Å²) >= 11 is 0. The van der Waals surface area contributed by atoms with Crippen molar-refractivity contribution in [1.29, 1.82) is 0 Å². The molecule has 0 N–H and O–H groups in total. The number of benzene rings is 6. The van der Waals surface area contributed by atoms with Gasteiger partial charge in [-0.1, -0.05) is 108 Å². The molecule has 2 heterocycles. The minimum atomic E-state index is -5.96. The van der Waals surface area contributed by atoms with E-state index in [1.54, 1.807) is 79.7 Å². The Balaban J connectivity index is 1.01. The predicted molar refractivity (Wildman–Crippen MR) is 224 cm³/mol. The molecular weight excluding hydrogens is 827 g/mol. The smallest absolute Gasteiger partial charge is 0.289 e. The molecule has 0 spiro atoms. The third kappa shape index (κ3) is 7.38. The summed E-state index contributed by atoms with van der Waals surface area (Å²) in [5.41, 5.74) is -2.42. The molecule has 0 atom stereocenters. The number of hydrogen-bond donors (Lipinski definition) is 0. The van der Waals surface area contributed by atoms with E-state index >= 15 is 26.3 Å². The normalized spacial score (nSPS) is 14.9. The fraction of sp³-hybridized carbons (Fsp3) is 0.146. The van der Waals surface area contributed by atoms with Crippen LogP contribution in [0.25, 0.3) is 11.1 Å². The number of carbonyl (C=O) groups excluding carboxylic acids is 5. The minimum Gasteiger partial charge on any atom is -0.289 e. The summed E-state index contributed by atoms with van der Waals surface area (Å²) in [5, 5.41) is 0. The summed E-state index contributed by atoms with van der Waals surface area (Å²) in [6.07, 6.45) is -11.9. The second-order valence-corrected chi connectivity index (χ2v) is 15.2. The maximum absolute atomic E-state index is 15.1. The molecule has 6 aromatic rings. The molecule has 2 saturated heterocycles. The van der Waals surface area contributed by atoms with Gasteiger partial charge in [0.2, 0.25) is 5.41 Å². The number of hydrogen-bond acceptors (Lipinski definition) is 5. The van der Waals surface area contributed by atoms with E-state index in [4.69, 9.17) is 0 Å². The van der Waals surface area contributed by atoms with E-state index in [-0.39, 0.29) is 22.8 Å². The predicted octanol–water partition coefficient (Wildman–Crippen LogP) is 10.6. The van der Waals surface area contributed by atoms with Gasteiger partial charge in [-0.05, 0) is 84.6 Å². The first-order valence-electron chi connectivity index (χ1n) is 19.4. The van der Waals surface area contributed by atoms with Crippen LogP contribution >= 0.6 is 0 Å². The van der Waals surface area contributed by atoms with Crippen molar-refractivity contribution in [3.05, 3.63) is 179 Å². The summed E-state index contributed by atoms with van der Waals surface area (Å²) < 4.78 is 90.5. The molecule has 0 unspecified atom stereocenters. The number of urea groups is 2. The summed E-state index contributed by atoms with van der Waals surface area (Å²) in [6, 6.07) is 31.3. The Morgan fingerprint density at radius 2 is 0.730 bits per heavy atom. The number of alkyl halides is 6. The van der Waals surface area contributed by atoms with Gasteiger partial charge in [0.05, 0.1) is 11.4 Å². The van der Waals surface area contributed by atoms with E-state index in [0.717, 1.165) is 61.2 Å². The Bertz CT molecular complexity index is 2740. The van der Waals surface area contributed by atoms with Crippen LogP contribution in [-0.4, -0.2) is 55.1 Å².